The molecule has 0 unspecified atom stereocenters. The third-order valence-corrected chi connectivity index (χ3v) is 0.642. The molecule has 0 aromatic rings. The van der Waals surface area contributed by atoms with E-state index in [4.69, 9.17) is 11.5 Å². The first kappa shape index (κ1) is 8.54. The highest BCUT2D eigenvalue weighted by molar-refractivity contribution is 6.38. The summed E-state index contributed by atoms with van der Waals surface area (Å²) in [5.74, 6) is -0.0197. The smallest absolute Gasteiger partial charge is 0.209 e. The average Bonchev–Trinajstić information content (AvgIpc) is 1.89. The van der Waals surface area contributed by atoms with Crippen LogP contribution in [0, 0.1) is 0 Å². The predicted molar refractivity (Wildman–Crippen MR) is 37.3 cm³/mol. The zero-order valence-corrected chi connectivity index (χ0v) is 5.87. The van der Waals surface area contributed by atoms with E-state index in [1.807, 2.05) is 0 Å². The molecule has 0 bridgehead atoms. The van der Waals surface area contributed by atoms with Gasteiger partial charge < -0.3 is 21.1 Å². The van der Waals surface area contributed by atoms with Gasteiger partial charge in [-0.3, -0.25) is 0 Å². The van der Waals surface area contributed by atoms with Crippen molar-refractivity contribution in [2.75, 3.05) is 14.2 Å². The topological polar surface area (TPSA) is 95.2 Å². The van der Waals surface area contributed by atoms with Gasteiger partial charge in [0.1, 0.15) is 14.2 Å². The minimum atomic E-state index is -0.00986. The lowest BCUT2D eigenvalue weighted by atomic mass is 10.6. The average molecular weight is 146 g/mol. The molecule has 0 aliphatic heterocycles. The van der Waals surface area contributed by atoms with Crippen molar-refractivity contribution in [2.45, 2.75) is 0 Å². The molecule has 0 rings (SSSR count). The summed E-state index contributed by atoms with van der Waals surface area (Å²) in [5.41, 5.74) is 10.4. The number of oxime groups is 2. The van der Waals surface area contributed by atoms with E-state index in [-0.39, 0.29) is 11.7 Å². The number of rotatable bonds is 2. The van der Waals surface area contributed by atoms with Gasteiger partial charge in [-0.2, -0.15) is 0 Å². The van der Waals surface area contributed by atoms with Crippen LogP contribution in [0.3, 0.4) is 0 Å². The fourth-order valence-electron chi connectivity index (χ4n) is 0.290. The Labute approximate surface area is 58.4 Å². The van der Waals surface area contributed by atoms with Crippen molar-refractivity contribution in [3.63, 3.8) is 0 Å². The van der Waals surface area contributed by atoms with Gasteiger partial charge in [0, 0.05) is 0 Å². The molecule has 6 heteroatoms. The normalized spacial score (nSPS) is 13.0. The van der Waals surface area contributed by atoms with Crippen molar-refractivity contribution in [3.05, 3.63) is 0 Å². The molecule has 0 fully saturated rings. The van der Waals surface area contributed by atoms with Crippen LogP contribution < -0.4 is 11.5 Å². The summed E-state index contributed by atoms with van der Waals surface area (Å²) in [6, 6.07) is 0. The summed E-state index contributed by atoms with van der Waals surface area (Å²) in [4.78, 5) is 8.64. The number of nitrogens with zero attached hydrogens (tertiary/aromatic N) is 2. The van der Waals surface area contributed by atoms with Crippen LogP contribution >= 0.6 is 0 Å². The molecule has 4 N–H and O–H groups in total. The highest BCUT2D eigenvalue weighted by atomic mass is 16.6. The van der Waals surface area contributed by atoms with E-state index in [1.165, 1.54) is 14.2 Å². The Morgan fingerprint density at radius 3 is 1.50 bits per heavy atom. The molecule has 0 aromatic heterocycles. The van der Waals surface area contributed by atoms with Crippen LogP contribution in [0.2, 0.25) is 0 Å². The van der Waals surface area contributed by atoms with Gasteiger partial charge in [-0.25, -0.2) is 0 Å². The van der Waals surface area contributed by atoms with Crippen LogP contribution in [0.25, 0.3) is 0 Å². The molecule has 6 nitrogen and oxygen atoms in total. The minimum Gasteiger partial charge on any atom is -0.397 e. The summed E-state index contributed by atoms with van der Waals surface area (Å²) >= 11 is 0. The van der Waals surface area contributed by atoms with Crippen LogP contribution in [-0.2, 0) is 9.68 Å². The molecule has 0 saturated carbocycles. The summed E-state index contributed by atoms with van der Waals surface area (Å²) in [6.45, 7) is 0. The Morgan fingerprint density at radius 2 is 1.30 bits per heavy atom. The molecular formula is C4H10N4O2. The van der Waals surface area contributed by atoms with Crippen LogP contribution in [0.5, 0.6) is 0 Å². The van der Waals surface area contributed by atoms with Gasteiger partial charge in [0.05, 0.1) is 0 Å². The lowest BCUT2D eigenvalue weighted by Crippen LogP contribution is -2.31. The SMILES string of the molecule is CON=C(N)C(N)=NOC. The van der Waals surface area contributed by atoms with Gasteiger partial charge in [0.15, 0.2) is 0 Å². The Kier molecular flexibility index (Phi) is 3.78. The molecule has 0 radical (unpaired) electrons. The zero-order chi connectivity index (χ0) is 7.98. The van der Waals surface area contributed by atoms with Crippen molar-refractivity contribution in [1.29, 1.82) is 0 Å². The Bertz CT molecular complexity index is 135. The molecule has 0 aromatic carbocycles. The summed E-state index contributed by atoms with van der Waals surface area (Å²) in [7, 11) is 2.71. The van der Waals surface area contributed by atoms with E-state index < -0.39 is 0 Å². The van der Waals surface area contributed by atoms with Crippen molar-refractivity contribution in [1.82, 2.24) is 0 Å². The van der Waals surface area contributed by atoms with Gasteiger partial charge in [0.2, 0.25) is 11.7 Å². The molecule has 58 valence electrons. The first-order chi connectivity index (χ1) is 4.72. The van der Waals surface area contributed by atoms with Crippen LogP contribution in [0.15, 0.2) is 10.3 Å². The maximum absolute atomic E-state index is 5.20. The highest BCUT2D eigenvalue weighted by Crippen LogP contribution is 1.74. The predicted octanol–water partition coefficient (Wildman–Crippen LogP) is -1.18. The molecule has 0 atom stereocenters. The monoisotopic (exact) mass is 146 g/mol. The maximum atomic E-state index is 5.20. The van der Waals surface area contributed by atoms with E-state index in [2.05, 4.69) is 20.0 Å². The van der Waals surface area contributed by atoms with Gasteiger partial charge in [-0.1, -0.05) is 10.3 Å². The molecule has 0 saturated heterocycles. The van der Waals surface area contributed by atoms with Gasteiger partial charge >= 0.3 is 0 Å². The third kappa shape index (κ3) is 2.75. The second kappa shape index (κ2) is 4.42. The van der Waals surface area contributed by atoms with E-state index in [9.17, 15) is 0 Å². The number of hydrogen-bond donors (Lipinski definition) is 2. The number of hydrogen-bond acceptors (Lipinski definition) is 4. The van der Waals surface area contributed by atoms with E-state index in [1.54, 1.807) is 0 Å². The quantitative estimate of drug-likeness (QED) is 0.291. The van der Waals surface area contributed by atoms with Gasteiger partial charge in [0.25, 0.3) is 0 Å². The lowest BCUT2D eigenvalue weighted by molar-refractivity contribution is 0.209. The number of nitrogens with two attached hydrogens (primary N) is 2. The Balaban J connectivity index is 4.06. The molecule has 0 aliphatic rings. The van der Waals surface area contributed by atoms with Crippen molar-refractivity contribution in [2.24, 2.45) is 21.8 Å². The largest absolute Gasteiger partial charge is 0.397 e. The maximum Gasteiger partial charge on any atom is 0.209 e. The molecule has 10 heavy (non-hydrogen) atoms. The molecular weight excluding hydrogens is 136 g/mol. The standard InChI is InChI=1S/C4H10N4O2/c1-9-7-3(5)4(6)8-10-2/h1-2H3,(H2,5,7)(H2,6,8). The Morgan fingerprint density at radius 1 is 1.00 bits per heavy atom. The zero-order valence-electron chi connectivity index (χ0n) is 5.87. The first-order valence-electron chi connectivity index (χ1n) is 2.46. The van der Waals surface area contributed by atoms with Crippen molar-refractivity contribution < 1.29 is 9.68 Å². The fourth-order valence-corrected chi connectivity index (χ4v) is 0.290. The van der Waals surface area contributed by atoms with E-state index in [0.29, 0.717) is 0 Å². The molecule has 0 aliphatic carbocycles. The van der Waals surface area contributed by atoms with Gasteiger partial charge in [-0.05, 0) is 0 Å². The van der Waals surface area contributed by atoms with E-state index in [0.717, 1.165) is 0 Å². The van der Waals surface area contributed by atoms with Crippen LogP contribution in [0.4, 0.5) is 0 Å². The van der Waals surface area contributed by atoms with Crippen LogP contribution in [0.1, 0.15) is 0 Å². The fraction of sp³-hybridized carbons (Fsp3) is 0.500. The minimum absolute atomic E-state index is 0.00986. The van der Waals surface area contributed by atoms with Gasteiger partial charge in [-0.15, -0.1) is 0 Å². The van der Waals surface area contributed by atoms with Crippen molar-refractivity contribution >= 4 is 11.7 Å². The Hall–Kier alpha value is -1.46. The molecule has 0 amide bonds. The summed E-state index contributed by atoms with van der Waals surface area (Å²) in [6.07, 6.45) is 0. The highest BCUT2D eigenvalue weighted by Gasteiger charge is 1.97. The third-order valence-electron chi connectivity index (χ3n) is 0.642. The lowest BCUT2D eigenvalue weighted by Gasteiger charge is -1.95. The molecule has 0 spiro atoms. The first-order valence-corrected chi connectivity index (χ1v) is 2.46. The second-order valence-corrected chi connectivity index (χ2v) is 1.32. The molecule has 0 heterocycles. The van der Waals surface area contributed by atoms with E-state index >= 15 is 0 Å². The van der Waals surface area contributed by atoms with Crippen LogP contribution in [-0.4, -0.2) is 25.9 Å². The number of amidine groups is 2. The summed E-state index contributed by atoms with van der Waals surface area (Å²) in [5, 5.41) is 6.60. The van der Waals surface area contributed by atoms with Crippen molar-refractivity contribution in [3.8, 4) is 0 Å². The second-order valence-electron chi connectivity index (χ2n) is 1.32. The summed E-state index contributed by atoms with van der Waals surface area (Å²) < 4.78 is 0.